The maximum Gasteiger partial charge on any atom is 0.166 e. The van der Waals surface area contributed by atoms with Crippen LogP contribution in [0.5, 0.6) is 11.5 Å². The summed E-state index contributed by atoms with van der Waals surface area (Å²) in [5.74, 6) is 2.49. The van der Waals surface area contributed by atoms with Gasteiger partial charge in [0.05, 0.1) is 23.8 Å². The van der Waals surface area contributed by atoms with Crippen LogP contribution < -0.4 is 9.47 Å². The molecule has 0 amide bonds. The quantitative estimate of drug-likeness (QED) is 0.566. The van der Waals surface area contributed by atoms with Crippen LogP contribution in [0.25, 0.3) is 10.9 Å². The molecule has 4 atom stereocenters. The Morgan fingerprint density at radius 1 is 1.11 bits per heavy atom. The average Bonchev–Trinajstić information content (AvgIpc) is 3.53. The van der Waals surface area contributed by atoms with Gasteiger partial charge >= 0.3 is 0 Å². The van der Waals surface area contributed by atoms with Crippen LogP contribution in [0.1, 0.15) is 71.7 Å². The first kappa shape index (κ1) is 20.5. The Balaban J connectivity index is 1.31. The Hall–Kier alpha value is -2.50. The van der Waals surface area contributed by atoms with E-state index < -0.39 is 11.0 Å². The molecule has 1 saturated carbocycles. The molecule has 0 radical (unpaired) electrons. The van der Waals surface area contributed by atoms with E-state index in [0.717, 1.165) is 49.8 Å². The number of benzene rings is 2. The van der Waals surface area contributed by atoms with Crippen LogP contribution in [0.15, 0.2) is 24.3 Å². The van der Waals surface area contributed by atoms with Gasteiger partial charge in [-0.05, 0) is 92.1 Å². The van der Waals surface area contributed by atoms with Gasteiger partial charge in [-0.25, -0.2) is 0 Å². The number of aryl methyl sites for hydroxylation is 2. The molecule has 4 aliphatic carbocycles. The van der Waals surface area contributed by atoms with Crippen molar-refractivity contribution in [1.82, 2.24) is 9.88 Å². The summed E-state index contributed by atoms with van der Waals surface area (Å²) in [7, 11) is 1.73. The van der Waals surface area contributed by atoms with Gasteiger partial charge in [-0.1, -0.05) is 18.2 Å². The number of hydrogen-bond donors (Lipinski definition) is 2. The molecule has 2 N–H and O–H groups in total. The second-order valence-electron chi connectivity index (χ2n) is 12.5. The third-order valence-corrected chi connectivity index (χ3v) is 10.9. The SMILES string of the molecule is COc1ccc2c3c1O[C@H]1c4[nH]c5c6c(ccc5c4C[C@@]4(O)[C@@H](C2)N(CC2CC2)CC[C@]314)CCCC6. The van der Waals surface area contributed by atoms with Gasteiger partial charge in [0, 0.05) is 35.5 Å². The standard InChI is InChI=1S/C31H34N2O3/c1-35-23-11-9-19-14-24-31(34)15-22-21-10-8-18-4-2-3-5-20(18)26(21)32-27(22)29-30(31,25(19)28(23)36-29)12-13-33(24)16-17-6-7-17/h8-11,17,24,29,32,34H,2-7,12-16H2,1H3/t24-,29+,30+,31-/m1/s1. The third kappa shape index (κ3) is 2.27. The van der Waals surface area contributed by atoms with E-state index in [2.05, 4.69) is 34.1 Å². The zero-order chi connectivity index (χ0) is 23.8. The fourth-order valence-electron chi connectivity index (χ4n) is 9.08. The topological polar surface area (TPSA) is 57.7 Å². The summed E-state index contributed by atoms with van der Waals surface area (Å²) < 4.78 is 12.8. The highest BCUT2D eigenvalue weighted by Gasteiger charge is 2.73. The van der Waals surface area contributed by atoms with Crippen LogP contribution in [-0.4, -0.2) is 46.8 Å². The summed E-state index contributed by atoms with van der Waals surface area (Å²) in [6.07, 6.45) is 9.85. The fraction of sp³-hybridized carbons (Fsp3) is 0.548. The monoisotopic (exact) mass is 482 g/mol. The smallest absolute Gasteiger partial charge is 0.166 e. The predicted molar refractivity (Wildman–Crippen MR) is 138 cm³/mol. The number of aromatic nitrogens is 1. The number of piperidine rings is 1. The van der Waals surface area contributed by atoms with Crippen LogP contribution in [0.4, 0.5) is 0 Å². The van der Waals surface area contributed by atoms with E-state index in [1.165, 1.54) is 76.5 Å². The second-order valence-corrected chi connectivity index (χ2v) is 12.5. The molecule has 2 fully saturated rings. The van der Waals surface area contributed by atoms with Gasteiger partial charge in [-0.2, -0.15) is 0 Å². The van der Waals surface area contributed by atoms with Gasteiger partial charge in [0.25, 0.3) is 0 Å². The molecule has 3 heterocycles. The highest BCUT2D eigenvalue weighted by atomic mass is 16.5. The number of methoxy groups -OCH3 is 1. The first-order valence-electron chi connectivity index (χ1n) is 14.1. The molecule has 5 nitrogen and oxygen atoms in total. The molecule has 186 valence electrons. The number of fused-ring (bicyclic) bond motifs is 6. The number of aliphatic hydroxyl groups is 1. The van der Waals surface area contributed by atoms with Crippen molar-refractivity contribution < 1.29 is 14.6 Å². The summed E-state index contributed by atoms with van der Waals surface area (Å²) in [4.78, 5) is 6.58. The minimum Gasteiger partial charge on any atom is -0.493 e. The van der Waals surface area contributed by atoms with E-state index in [9.17, 15) is 5.11 Å². The Morgan fingerprint density at radius 2 is 1.97 bits per heavy atom. The summed E-state index contributed by atoms with van der Waals surface area (Å²) >= 11 is 0. The number of nitrogens with zero attached hydrogens (tertiary/aromatic N) is 1. The van der Waals surface area contributed by atoms with Crippen molar-refractivity contribution in [3.8, 4) is 11.5 Å². The molecule has 0 unspecified atom stereocenters. The molecule has 2 bridgehead atoms. The molecule has 2 aromatic carbocycles. The Labute approximate surface area is 211 Å². The lowest BCUT2D eigenvalue weighted by Crippen LogP contribution is -2.74. The van der Waals surface area contributed by atoms with Crippen molar-refractivity contribution in [3.05, 3.63) is 57.8 Å². The van der Waals surface area contributed by atoms with Crippen molar-refractivity contribution in [1.29, 1.82) is 0 Å². The van der Waals surface area contributed by atoms with Gasteiger partial charge in [-0.3, -0.25) is 4.90 Å². The van der Waals surface area contributed by atoms with Crippen LogP contribution in [0, 0.1) is 5.92 Å². The van der Waals surface area contributed by atoms with Crippen molar-refractivity contribution in [2.75, 3.05) is 20.2 Å². The first-order valence-corrected chi connectivity index (χ1v) is 14.1. The van der Waals surface area contributed by atoms with Crippen molar-refractivity contribution in [2.24, 2.45) is 5.92 Å². The number of aromatic amines is 1. The molecule has 6 aliphatic rings. The minimum atomic E-state index is -0.854. The molecule has 1 saturated heterocycles. The van der Waals surface area contributed by atoms with Gasteiger partial charge in [-0.15, -0.1) is 0 Å². The van der Waals surface area contributed by atoms with E-state index in [-0.39, 0.29) is 12.1 Å². The van der Waals surface area contributed by atoms with E-state index in [0.29, 0.717) is 6.42 Å². The summed E-state index contributed by atoms with van der Waals surface area (Å²) in [6, 6.07) is 9.13. The van der Waals surface area contributed by atoms with E-state index in [4.69, 9.17) is 9.47 Å². The van der Waals surface area contributed by atoms with Gasteiger partial charge in [0.15, 0.2) is 17.6 Å². The average molecular weight is 483 g/mol. The van der Waals surface area contributed by atoms with E-state index >= 15 is 0 Å². The summed E-state index contributed by atoms with van der Waals surface area (Å²) in [6.45, 7) is 2.16. The van der Waals surface area contributed by atoms with Crippen LogP contribution in [0.2, 0.25) is 0 Å². The highest BCUT2D eigenvalue weighted by molar-refractivity contribution is 5.90. The van der Waals surface area contributed by atoms with Crippen LogP contribution in [0.3, 0.4) is 0 Å². The zero-order valence-electron chi connectivity index (χ0n) is 21.0. The predicted octanol–water partition coefficient (Wildman–Crippen LogP) is 4.75. The molecular formula is C31H34N2O3. The zero-order valence-corrected chi connectivity index (χ0v) is 21.0. The Kier molecular flexibility index (Phi) is 3.81. The number of H-pyrrole nitrogens is 1. The number of ether oxygens (including phenoxy) is 2. The lowest BCUT2D eigenvalue weighted by molar-refractivity contribution is -0.173. The maximum absolute atomic E-state index is 13.1. The van der Waals surface area contributed by atoms with Crippen LogP contribution in [-0.2, 0) is 31.1 Å². The molecule has 5 heteroatoms. The van der Waals surface area contributed by atoms with Crippen LogP contribution >= 0.6 is 0 Å². The maximum atomic E-state index is 13.1. The van der Waals surface area contributed by atoms with Crippen molar-refractivity contribution in [2.45, 2.75) is 80.9 Å². The summed E-state index contributed by atoms with van der Waals surface area (Å²) in [5, 5.41) is 14.4. The fourth-order valence-corrected chi connectivity index (χ4v) is 9.08. The largest absolute Gasteiger partial charge is 0.493 e. The molecule has 2 aliphatic heterocycles. The molecule has 9 rings (SSSR count). The molecule has 3 aromatic rings. The highest BCUT2D eigenvalue weighted by Crippen LogP contribution is 2.69. The van der Waals surface area contributed by atoms with E-state index in [1.54, 1.807) is 7.11 Å². The number of likely N-dealkylation sites (tertiary alicyclic amines) is 1. The minimum absolute atomic E-state index is 0.125. The second kappa shape index (κ2) is 6.68. The molecule has 1 spiro atoms. The third-order valence-electron chi connectivity index (χ3n) is 10.9. The Bertz CT molecular complexity index is 1450. The lowest BCUT2D eigenvalue weighted by atomic mass is 9.49. The Morgan fingerprint density at radius 3 is 2.83 bits per heavy atom. The van der Waals surface area contributed by atoms with Gasteiger partial charge in [0.1, 0.15) is 0 Å². The molecule has 36 heavy (non-hydrogen) atoms. The lowest BCUT2D eigenvalue weighted by Gasteiger charge is -2.62. The molecule has 1 aromatic heterocycles. The van der Waals surface area contributed by atoms with Gasteiger partial charge < -0.3 is 19.6 Å². The van der Waals surface area contributed by atoms with E-state index in [1.807, 2.05) is 0 Å². The number of rotatable bonds is 3. The molecular weight excluding hydrogens is 448 g/mol. The number of nitrogens with one attached hydrogen (secondary N) is 1. The van der Waals surface area contributed by atoms with Crippen molar-refractivity contribution in [3.63, 3.8) is 0 Å². The summed E-state index contributed by atoms with van der Waals surface area (Å²) in [5.41, 5.74) is 8.08. The first-order chi connectivity index (χ1) is 17.6. The van der Waals surface area contributed by atoms with Crippen molar-refractivity contribution >= 4 is 10.9 Å². The normalized spacial score (nSPS) is 33.6. The number of hydrogen-bond acceptors (Lipinski definition) is 4. The van der Waals surface area contributed by atoms with Gasteiger partial charge in [0.2, 0.25) is 0 Å².